The summed E-state index contributed by atoms with van der Waals surface area (Å²) in [5, 5.41) is 0.725. The number of ether oxygens (including phenoxy) is 1. The van der Waals surface area contributed by atoms with Gasteiger partial charge in [0, 0.05) is 16.1 Å². The number of nitrogens with zero attached hydrogens (tertiary/aromatic N) is 2. The lowest BCUT2D eigenvalue weighted by atomic mass is 10.1. The van der Waals surface area contributed by atoms with Crippen LogP contribution in [0.15, 0.2) is 54.7 Å². The van der Waals surface area contributed by atoms with E-state index in [-0.39, 0.29) is 22.8 Å². The lowest BCUT2D eigenvalue weighted by Crippen LogP contribution is -3.00. The molecule has 2 heterocycles. The predicted octanol–water partition coefficient (Wildman–Crippen LogP) is 0.938. The highest BCUT2D eigenvalue weighted by Crippen LogP contribution is 2.26. The standard InChI is InChI=1S/C21H20ClN2O2.BrH/c1-26-18-5-2-4-16(12-18)20(25)14-23-13-19(24-11-3-6-21(23)24)15-7-9-17(22)10-8-15;/h2,4-5,7-10,12-13H,3,6,11,14H2,1H3;1H/q+1;/p-1. The number of halogens is 2. The van der Waals surface area contributed by atoms with E-state index in [1.807, 2.05) is 42.5 Å². The van der Waals surface area contributed by atoms with E-state index in [9.17, 15) is 4.79 Å². The molecule has 0 unspecified atom stereocenters. The van der Waals surface area contributed by atoms with Gasteiger partial charge in [-0.1, -0.05) is 23.7 Å². The molecule has 0 aliphatic carbocycles. The first-order valence-electron chi connectivity index (χ1n) is 8.71. The molecule has 0 bridgehead atoms. The molecule has 0 fully saturated rings. The molecule has 1 aromatic heterocycles. The molecule has 6 heteroatoms. The number of fused-ring (bicyclic) bond motifs is 1. The van der Waals surface area contributed by atoms with Crippen LogP contribution in [0.4, 0.5) is 0 Å². The van der Waals surface area contributed by atoms with Crippen molar-refractivity contribution in [2.24, 2.45) is 0 Å². The first-order valence-corrected chi connectivity index (χ1v) is 9.08. The molecule has 4 nitrogen and oxygen atoms in total. The minimum atomic E-state index is 0. The fraction of sp³-hybridized carbons (Fsp3) is 0.238. The molecular weight excluding hydrogens is 428 g/mol. The summed E-state index contributed by atoms with van der Waals surface area (Å²) >= 11 is 6.02. The highest BCUT2D eigenvalue weighted by molar-refractivity contribution is 6.30. The summed E-state index contributed by atoms with van der Waals surface area (Å²) in [6, 6.07) is 15.2. The molecule has 0 saturated carbocycles. The van der Waals surface area contributed by atoms with Gasteiger partial charge >= 0.3 is 0 Å². The van der Waals surface area contributed by atoms with Gasteiger partial charge in [-0.15, -0.1) is 0 Å². The number of methoxy groups -OCH3 is 1. The summed E-state index contributed by atoms with van der Waals surface area (Å²) in [4.78, 5) is 12.8. The van der Waals surface area contributed by atoms with Crippen molar-refractivity contribution in [1.29, 1.82) is 0 Å². The Balaban J connectivity index is 0.00000210. The number of rotatable bonds is 5. The zero-order valence-corrected chi connectivity index (χ0v) is 17.3. The van der Waals surface area contributed by atoms with Crippen LogP contribution >= 0.6 is 11.6 Å². The van der Waals surface area contributed by atoms with E-state index in [2.05, 4.69) is 15.3 Å². The summed E-state index contributed by atoms with van der Waals surface area (Å²) in [5.74, 6) is 1.98. The Morgan fingerprint density at radius 3 is 2.74 bits per heavy atom. The largest absolute Gasteiger partial charge is 1.00 e. The summed E-state index contributed by atoms with van der Waals surface area (Å²) in [6.45, 7) is 1.31. The second kappa shape index (κ2) is 8.28. The van der Waals surface area contributed by atoms with Crippen LogP contribution in [0.2, 0.25) is 5.02 Å². The summed E-state index contributed by atoms with van der Waals surface area (Å²) in [6.07, 6.45) is 4.17. The normalized spacial score (nSPS) is 12.4. The van der Waals surface area contributed by atoms with Gasteiger partial charge in [0.05, 0.1) is 20.1 Å². The third kappa shape index (κ3) is 3.94. The van der Waals surface area contributed by atoms with E-state index in [4.69, 9.17) is 16.3 Å². The summed E-state index contributed by atoms with van der Waals surface area (Å²) in [5.41, 5.74) is 2.92. The molecular formula is C21H20BrClN2O2. The predicted molar refractivity (Wildman–Crippen MR) is 101 cm³/mol. The Kier molecular flexibility index (Phi) is 6.02. The van der Waals surface area contributed by atoms with Crippen molar-refractivity contribution in [2.45, 2.75) is 25.9 Å². The number of hydrogen-bond donors (Lipinski definition) is 0. The van der Waals surface area contributed by atoms with Gasteiger partial charge in [-0.25, -0.2) is 9.13 Å². The fourth-order valence-corrected chi connectivity index (χ4v) is 3.67. The molecule has 1 aliphatic rings. The van der Waals surface area contributed by atoms with E-state index in [1.54, 1.807) is 13.2 Å². The van der Waals surface area contributed by atoms with Crippen LogP contribution in [0.25, 0.3) is 11.3 Å². The Bertz CT molecular complexity index is 967. The second-order valence-corrected chi connectivity index (χ2v) is 6.91. The van der Waals surface area contributed by atoms with Gasteiger partial charge in [-0.05, 0) is 42.8 Å². The van der Waals surface area contributed by atoms with E-state index in [1.165, 1.54) is 5.82 Å². The van der Waals surface area contributed by atoms with E-state index in [0.29, 0.717) is 17.9 Å². The number of imidazole rings is 1. The number of carbonyl (C=O) groups is 1. The van der Waals surface area contributed by atoms with Crippen molar-refractivity contribution < 1.29 is 31.1 Å². The molecule has 140 valence electrons. The number of ketones is 1. The average Bonchev–Trinajstić information content (AvgIpc) is 3.26. The molecule has 27 heavy (non-hydrogen) atoms. The topological polar surface area (TPSA) is 35.1 Å². The van der Waals surface area contributed by atoms with Gasteiger partial charge in [0.1, 0.15) is 11.9 Å². The van der Waals surface area contributed by atoms with Crippen LogP contribution in [0.5, 0.6) is 5.75 Å². The van der Waals surface area contributed by atoms with Crippen molar-refractivity contribution >= 4 is 17.4 Å². The molecule has 0 N–H and O–H groups in total. The van der Waals surface area contributed by atoms with Crippen molar-refractivity contribution in [3.05, 3.63) is 71.1 Å². The Morgan fingerprint density at radius 1 is 1.22 bits per heavy atom. The molecule has 4 rings (SSSR count). The average molecular weight is 448 g/mol. The van der Waals surface area contributed by atoms with Crippen molar-refractivity contribution in [3.8, 4) is 17.0 Å². The smallest absolute Gasteiger partial charge is 0.257 e. The summed E-state index contributed by atoms with van der Waals surface area (Å²) in [7, 11) is 1.61. The van der Waals surface area contributed by atoms with Crippen LogP contribution in [-0.4, -0.2) is 17.5 Å². The minimum absolute atomic E-state index is 0. The van der Waals surface area contributed by atoms with Crippen LogP contribution in [0, 0.1) is 0 Å². The number of Topliss-reactive ketones (excluding diaryl/α,β-unsaturated/α-hetero) is 1. The van der Waals surface area contributed by atoms with Crippen LogP contribution in [0.3, 0.4) is 0 Å². The van der Waals surface area contributed by atoms with Crippen molar-refractivity contribution in [1.82, 2.24) is 4.57 Å². The molecule has 0 atom stereocenters. The van der Waals surface area contributed by atoms with E-state index in [0.717, 1.165) is 35.7 Å². The maximum Gasteiger partial charge on any atom is 0.257 e. The van der Waals surface area contributed by atoms with Crippen LogP contribution in [0.1, 0.15) is 22.6 Å². The number of hydrogen-bond acceptors (Lipinski definition) is 2. The number of aromatic nitrogens is 2. The van der Waals surface area contributed by atoms with E-state index < -0.39 is 0 Å². The quantitative estimate of drug-likeness (QED) is 0.431. The molecule has 0 saturated heterocycles. The maximum atomic E-state index is 12.8. The third-order valence-corrected chi connectivity index (χ3v) is 5.09. The first-order chi connectivity index (χ1) is 12.7. The van der Waals surface area contributed by atoms with Crippen molar-refractivity contribution in [3.63, 3.8) is 0 Å². The zero-order valence-electron chi connectivity index (χ0n) is 15.0. The highest BCUT2D eigenvalue weighted by atomic mass is 79.9. The lowest BCUT2D eigenvalue weighted by molar-refractivity contribution is -0.689. The zero-order chi connectivity index (χ0) is 18.1. The Labute approximate surface area is 174 Å². The number of carbonyl (C=O) groups excluding carboxylic acids is 1. The SMILES string of the molecule is COc1cccc(C(=O)C[n+]2cc(-c3ccc(Cl)cc3)n3c2CCC3)c1.[Br-]. The molecule has 3 aromatic rings. The monoisotopic (exact) mass is 446 g/mol. The van der Waals surface area contributed by atoms with Gasteiger partial charge in [0.2, 0.25) is 5.78 Å². The Morgan fingerprint density at radius 2 is 2.00 bits per heavy atom. The second-order valence-electron chi connectivity index (χ2n) is 6.48. The highest BCUT2D eigenvalue weighted by Gasteiger charge is 2.29. The molecule has 2 aromatic carbocycles. The van der Waals surface area contributed by atoms with Gasteiger partial charge in [-0.2, -0.15) is 0 Å². The van der Waals surface area contributed by atoms with Crippen LogP contribution in [-0.2, 0) is 19.5 Å². The maximum absolute atomic E-state index is 12.8. The summed E-state index contributed by atoms with van der Waals surface area (Å²) < 4.78 is 9.62. The van der Waals surface area contributed by atoms with Crippen molar-refractivity contribution in [2.75, 3.05) is 7.11 Å². The molecule has 0 spiro atoms. The number of benzene rings is 2. The van der Waals surface area contributed by atoms with E-state index >= 15 is 0 Å². The van der Waals surface area contributed by atoms with Gasteiger partial charge in [0.25, 0.3) is 5.82 Å². The van der Waals surface area contributed by atoms with Crippen LogP contribution < -0.4 is 26.3 Å². The lowest BCUT2D eigenvalue weighted by Gasteiger charge is -2.03. The van der Waals surface area contributed by atoms with Gasteiger partial charge < -0.3 is 21.7 Å². The molecule has 1 aliphatic heterocycles. The van der Waals surface area contributed by atoms with Gasteiger partial charge in [-0.3, -0.25) is 4.79 Å². The third-order valence-electron chi connectivity index (χ3n) is 4.84. The Hall–Kier alpha value is -2.11. The first kappa shape index (κ1) is 19.6. The molecule has 0 radical (unpaired) electrons. The minimum Gasteiger partial charge on any atom is -1.00 e. The fourth-order valence-electron chi connectivity index (χ4n) is 3.54. The molecule has 0 amide bonds. The van der Waals surface area contributed by atoms with Gasteiger partial charge in [0.15, 0.2) is 12.2 Å².